The summed E-state index contributed by atoms with van der Waals surface area (Å²) < 4.78 is 72.8. The van der Waals surface area contributed by atoms with Crippen molar-refractivity contribution in [3.8, 4) is 0 Å². The van der Waals surface area contributed by atoms with E-state index in [1.165, 1.54) is 64.2 Å². The molecule has 42 unspecified atom stereocenters. The van der Waals surface area contributed by atoms with E-state index in [1.54, 1.807) is 13.8 Å². The lowest BCUT2D eigenvalue weighted by Gasteiger charge is -2.47. The molecule has 20 bridgehead atoms. The molecule has 6 heterocycles. The van der Waals surface area contributed by atoms with Gasteiger partial charge < -0.3 is 61.6 Å². The molecule has 26 heteroatoms. The highest BCUT2D eigenvalue weighted by molar-refractivity contribution is 5.84. The molecule has 26 nitrogen and oxygen atoms in total. The molecule has 0 aromatic carbocycles. The second kappa shape index (κ2) is 37.2. The van der Waals surface area contributed by atoms with Crippen molar-refractivity contribution in [3.63, 3.8) is 0 Å². The molecule has 0 N–H and O–H groups in total. The molecule has 0 aromatic heterocycles. The van der Waals surface area contributed by atoms with Crippen molar-refractivity contribution in [2.45, 2.75) is 381 Å². The van der Waals surface area contributed by atoms with Crippen LogP contribution in [0.1, 0.15) is 344 Å². The van der Waals surface area contributed by atoms with Gasteiger partial charge >= 0.3 is 77.6 Å². The molecule has 6 aliphatic heterocycles. The lowest BCUT2D eigenvalue weighted by atomic mass is 9.58. The fourth-order valence-electron chi connectivity index (χ4n) is 38.8. The monoisotopic (exact) mass is 2030 g/mol. The highest BCUT2D eigenvalue weighted by Gasteiger charge is 2.78. The van der Waals surface area contributed by atoms with Gasteiger partial charge in [0.2, 0.25) is 0 Å². The summed E-state index contributed by atoms with van der Waals surface area (Å²) in [5, 5.41) is 0. The maximum atomic E-state index is 12.7. The number of fused-ring (bicyclic) bond motifs is 46. The first-order valence-corrected chi connectivity index (χ1v) is 58.3. The van der Waals surface area contributed by atoms with Crippen LogP contribution < -0.4 is 0 Å². The van der Waals surface area contributed by atoms with Crippen molar-refractivity contribution in [1.29, 1.82) is 0 Å². The van der Waals surface area contributed by atoms with Crippen molar-refractivity contribution < 1.29 is 124 Å². The zero-order valence-corrected chi connectivity index (χ0v) is 91.5. The minimum absolute atomic E-state index is 0.0000652. The fraction of sp³-hybridized carbons (Fsp3) is 0.892. The Morgan fingerprint density at radius 3 is 1.03 bits per heavy atom. The predicted octanol–water partition coefficient (Wildman–Crippen LogP) is 19.7. The molecule has 810 valence electrons. The zero-order chi connectivity index (χ0) is 104. The molecule has 26 rings (SSSR count). The molecule has 26 aliphatic rings. The van der Waals surface area contributed by atoms with Crippen LogP contribution in [0, 0.1) is 243 Å². The van der Waals surface area contributed by atoms with E-state index in [0.717, 1.165) is 163 Å². The van der Waals surface area contributed by atoms with Gasteiger partial charge in [-0.15, -0.1) is 0 Å². The Morgan fingerprint density at radius 2 is 0.630 bits per heavy atom. The van der Waals surface area contributed by atoms with Crippen molar-refractivity contribution in [2.24, 2.45) is 243 Å². The van der Waals surface area contributed by atoms with E-state index in [9.17, 15) is 62.3 Å². The highest BCUT2D eigenvalue weighted by atomic mass is 16.6. The fourth-order valence-corrected chi connectivity index (χ4v) is 38.8. The summed E-state index contributed by atoms with van der Waals surface area (Å²) in [6, 6.07) is 0. The van der Waals surface area contributed by atoms with Gasteiger partial charge in [-0.2, -0.15) is 0 Å². The largest absolute Gasteiger partial charge is 0.465 e. The number of carbonyl (C=O) groups is 13. The molecule has 20 aliphatic carbocycles. The highest BCUT2D eigenvalue weighted by Crippen LogP contribution is 2.80. The Hall–Kier alpha value is -6.89. The Labute approximate surface area is 866 Å². The standard InChI is InChI=1S/C22H32O4.3C21H30O4.C18H26O6.C17H26O4/c1-5-21(3,4)20(24)26-19-11(2)13-7-14(19)18-15-6-12(17(13)18)8-22(15)9-16(23)25-10-22;1-4-20(2,3)19(23)25-15-7-11-5-13(15)17-12-6-14(18(11)17)21(8-12)9-16(22)24-10-21;1-4-20(2,3)19(23)25-15-7-11-5-13(15)18-14-6-12(17(11)18)8-21(14)9-16(22)24-10-21;1-4-20(2,3)18(22)25-15-9-11-7-13(15)16-12-8-14(17(11)16)21(10-12)5-6-24-19(21)23;1-4-17(2,3)15(20)23-10-14(19)24-13-8-11-7-12(13)18(9-11)5-6-22-16(18)21;1-5-16(3,4)14(18)21-13-10(2)11-8-12(13)17(9-11)6-7-20-15(17)19/h11-15,17-19H,5-10H2,1-4H3;2*11-15,17-18H,4-10H2,1-3H3;11-17H,4-10H2,1-3H3;11-13H,4-10H2,1-3H3;10-13H,5-9H2,1-4H3. The van der Waals surface area contributed by atoms with Gasteiger partial charge in [0.25, 0.3) is 0 Å². The van der Waals surface area contributed by atoms with Crippen molar-refractivity contribution >= 4 is 77.6 Å². The summed E-state index contributed by atoms with van der Waals surface area (Å²) in [4.78, 5) is 159. The number of hydrogen-bond acceptors (Lipinski definition) is 26. The molecule has 26 fully saturated rings. The van der Waals surface area contributed by atoms with Crippen molar-refractivity contribution in [3.05, 3.63) is 0 Å². The van der Waals surface area contributed by atoms with Gasteiger partial charge in [0, 0.05) is 28.1 Å². The van der Waals surface area contributed by atoms with E-state index in [2.05, 4.69) is 34.6 Å². The van der Waals surface area contributed by atoms with Crippen LogP contribution in [0.15, 0.2) is 0 Å². The van der Waals surface area contributed by atoms with E-state index < -0.39 is 33.6 Å². The number of esters is 13. The summed E-state index contributed by atoms with van der Waals surface area (Å²) in [5.41, 5.74) is -3.18. The summed E-state index contributed by atoms with van der Waals surface area (Å²) in [7, 11) is 0. The number of carbonyl (C=O) groups excluding carboxylic acids is 13. The molecular weight excluding hydrogens is 1860 g/mol. The smallest absolute Gasteiger partial charge is 0.344 e. The molecule has 6 spiro atoms. The molecule has 0 amide bonds. The molecule has 6 saturated heterocycles. The van der Waals surface area contributed by atoms with Gasteiger partial charge in [0.05, 0.1) is 108 Å². The zero-order valence-electron chi connectivity index (χ0n) is 91.5. The van der Waals surface area contributed by atoms with E-state index in [1.807, 2.05) is 90.0 Å². The molecule has 146 heavy (non-hydrogen) atoms. The summed E-state index contributed by atoms with van der Waals surface area (Å²) in [6.45, 7) is 43.1. The van der Waals surface area contributed by atoms with Crippen LogP contribution in [-0.4, -0.2) is 160 Å². The third-order valence-electron chi connectivity index (χ3n) is 48.4. The number of hydrogen-bond donors (Lipinski definition) is 0. The van der Waals surface area contributed by atoms with E-state index >= 15 is 0 Å². The first-order valence-electron chi connectivity index (χ1n) is 58.3. The lowest BCUT2D eigenvalue weighted by Crippen LogP contribution is -2.48. The topological polar surface area (TPSA) is 342 Å². The van der Waals surface area contributed by atoms with Gasteiger partial charge in [0.15, 0.2) is 6.61 Å². The quantitative estimate of drug-likeness (QED) is 0.0621. The molecule has 0 radical (unpaired) electrons. The van der Waals surface area contributed by atoms with Gasteiger partial charge in [0.1, 0.15) is 36.6 Å². The average Bonchev–Trinajstić information content (AvgIpc) is 1.52. The Balaban J connectivity index is 0.000000103. The van der Waals surface area contributed by atoms with Crippen LogP contribution in [0.25, 0.3) is 0 Å². The van der Waals surface area contributed by atoms with Crippen LogP contribution >= 0.6 is 0 Å². The van der Waals surface area contributed by atoms with E-state index in [0.29, 0.717) is 184 Å². The number of ether oxygens (including phenoxy) is 13. The van der Waals surface area contributed by atoms with Crippen LogP contribution in [0.3, 0.4) is 0 Å². The third kappa shape index (κ3) is 16.7. The molecular formula is C120H174O26. The van der Waals surface area contributed by atoms with Crippen LogP contribution in [-0.2, 0) is 124 Å². The minimum atomic E-state index is -0.607. The van der Waals surface area contributed by atoms with Crippen molar-refractivity contribution in [1.82, 2.24) is 0 Å². The Bertz CT molecular complexity index is 5150. The second-order valence-electron chi connectivity index (χ2n) is 57.1. The first kappa shape index (κ1) is 105. The SMILES string of the molecule is CCC(C)(C)C(=O)OC1C(C)C2CC1C1(CCOC1=O)C2.CCC(C)(C)C(=O)OC1C(C)C2CC1C1C2C2CC1C1(COC(=O)C1)C2.CCC(C)(C)C(=O)OC1CC2CC1C1C2C2CC1C1(COC(=O)C1)C2.CCC(C)(C)C(=O)OC1CC2CC1C1C3CC(C21)C1(CCOC1=O)C3.CCC(C)(C)C(=O)OC1CC2CC1C1C3CC(C21)C1(COC(=O)C1)C3.CCC(C)(C)C(=O)OCC(=O)OC1CC2CC1C1(CCOC1=O)C2. The van der Waals surface area contributed by atoms with Gasteiger partial charge in [-0.25, -0.2) is 4.79 Å². The van der Waals surface area contributed by atoms with Crippen LogP contribution in [0.5, 0.6) is 0 Å². The van der Waals surface area contributed by atoms with E-state index in [-0.39, 0.29) is 164 Å². The summed E-state index contributed by atoms with van der Waals surface area (Å²) in [6.07, 6.45) is 31.2. The molecule has 42 atom stereocenters. The predicted molar refractivity (Wildman–Crippen MR) is 531 cm³/mol. The molecule has 20 saturated carbocycles. The number of cyclic esters (lactones) is 6. The lowest BCUT2D eigenvalue weighted by molar-refractivity contribution is -0.173. The average molecular weight is 2030 g/mol. The maximum absolute atomic E-state index is 12.7. The van der Waals surface area contributed by atoms with Gasteiger partial charge in [-0.1, -0.05) is 55.4 Å². The number of rotatable bonds is 20. The van der Waals surface area contributed by atoms with E-state index in [4.69, 9.17) is 61.6 Å². The van der Waals surface area contributed by atoms with Crippen LogP contribution in [0.4, 0.5) is 0 Å². The third-order valence-corrected chi connectivity index (χ3v) is 48.4. The van der Waals surface area contributed by atoms with Crippen molar-refractivity contribution in [2.75, 3.05) is 46.2 Å². The summed E-state index contributed by atoms with van der Waals surface area (Å²) >= 11 is 0. The maximum Gasteiger partial charge on any atom is 0.344 e. The normalized spacial score (nSPS) is 46.3. The molecule has 0 aromatic rings. The second-order valence-corrected chi connectivity index (χ2v) is 57.1. The Kier molecular flexibility index (Phi) is 26.7. The summed E-state index contributed by atoms with van der Waals surface area (Å²) in [5.74, 6) is 16.8. The van der Waals surface area contributed by atoms with Crippen LogP contribution in [0.2, 0.25) is 0 Å². The first-order chi connectivity index (χ1) is 68.9. The minimum Gasteiger partial charge on any atom is -0.465 e. The van der Waals surface area contributed by atoms with Gasteiger partial charge in [-0.3, -0.25) is 57.5 Å². The Morgan fingerprint density at radius 1 is 0.288 bits per heavy atom. The van der Waals surface area contributed by atoms with Gasteiger partial charge in [-0.05, 0) is 435 Å².